The molecule has 0 saturated heterocycles. The number of nitrogens with one attached hydrogen (secondary N) is 2. The summed E-state index contributed by atoms with van der Waals surface area (Å²) in [4.78, 5) is 10.5. The second-order valence-electron chi connectivity index (χ2n) is 3.66. The van der Waals surface area contributed by atoms with Crippen LogP contribution < -0.4 is 10.1 Å². The van der Waals surface area contributed by atoms with Gasteiger partial charge in [-0.1, -0.05) is 12.1 Å². The highest BCUT2D eigenvalue weighted by Crippen LogP contribution is 2.10. The van der Waals surface area contributed by atoms with E-state index in [1.807, 2.05) is 24.3 Å². The second-order valence-corrected chi connectivity index (χ2v) is 3.66. The number of carboxylic acids is 1. The molecule has 0 atom stereocenters. The van der Waals surface area contributed by atoms with Crippen LogP contribution in [0.25, 0.3) is 0 Å². The van der Waals surface area contributed by atoms with Crippen molar-refractivity contribution >= 4 is 12.2 Å². The summed E-state index contributed by atoms with van der Waals surface area (Å²) in [6.45, 7) is 0.570. The fourth-order valence-corrected chi connectivity index (χ4v) is 1.36. The number of ether oxygens (including phenoxy) is 1. The van der Waals surface area contributed by atoms with Gasteiger partial charge in [0.15, 0.2) is 0 Å². The second kappa shape index (κ2) is 7.11. The first-order chi connectivity index (χ1) is 8.65. The quantitative estimate of drug-likeness (QED) is 0.642. The van der Waals surface area contributed by atoms with Crippen LogP contribution in [-0.4, -0.2) is 24.4 Å². The predicted octanol–water partition coefficient (Wildman–Crippen LogP) is 1.79. The van der Waals surface area contributed by atoms with Crippen LogP contribution in [0, 0.1) is 5.41 Å². The third kappa shape index (κ3) is 4.69. The average molecular weight is 248 g/mol. The predicted molar refractivity (Wildman–Crippen MR) is 69.0 cm³/mol. The molecule has 1 aromatic rings. The lowest BCUT2D eigenvalue weighted by Crippen LogP contribution is -2.08. The molecule has 18 heavy (non-hydrogen) atoms. The summed E-state index contributed by atoms with van der Waals surface area (Å²) in [5.41, 5.74) is 1.47. The van der Waals surface area contributed by atoms with Gasteiger partial charge < -0.3 is 20.6 Å². The van der Waals surface area contributed by atoms with Gasteiger partial charge in [0.05, 0.1) is 13.5 Å². The molecule has 1 rings (SSSR count). The van der Waals surface area contributed by atoms with Gasteiger partial charge in [0.25, 0.3) is 0 Å². The van der Waals surface area contributed by atoms with Gasteiger partial charge in [-0.15, -0.1) is 0 Å². The van der Waals surface area contributed by atoms with Crippen LogP contribution in [0.3, 0.4) is 0 Å². The van der Waals surface area contributed by atoms with Gasteiger partial charge in [-0.05, 0) is 23.3 Å². The van der Waals surface area contributed by atoms with Crippen molar-refractivity contribution in [2.24, 2.45) is 0 Å². The summed E-state index contributed by atoms with van der Waals surface area (Å²) in [7, 11) is 1.61. The molecule has 0 aliphatic heterocycles. The van der Waals surface area contributed by atoms with E-state index >= 15 is 0 Å². The Bertz CT molecular complexity index is 438. The van der Waals surface area contributed by atoms with E-state index in [0.29, 0.717) is 12.1 Å². The van der Waals surface area contributed by atoms with Crippen molar-refractivity contribution in [3.8, 4) is 5.75 Å². The molecule has 0 radical (unpaired) electrons. The number of hydrogen-bond acceptors (Lipinski definition) is 4. The Labute approximate surface area is 106 Å². The van der Waals surface area contributed by atoms with Crippen molar-refractivity contribution < 1.29 is 14.6 Å². The van der Waals surface area contributed by atoms with Crippen LogP contribution in [-0.2, 0) is 11.3 Å². The average Bonchev–Trinajstić information content (AvgIpc) is 2.38. The zero-order valence-corrected chi connectivity index (χ0v) is 10.1. The first kappa shape index (κ1) is 13.8. The summed E-state index contributed by atoms with van der Waals surface area (Å²) in [5.74, 6) is -0.156. The number of benzene rings is 1. The smallest absolute Gasteiger partial charge is 0.307 e. The highest BCUT2D eigenvalue weighted by molar-refractivity contribution is 5.84. The largest absolute Gasteiger partial charge is 0.497 e. The fourth-order valence-electron chi connectivity index (χ4n) is 1.36. The summed E-state index contributed by atoms with van der Waals surface area (Å²) in [6, 6.07) is 7.55. The molecular formula is C13H16N2O3. The third-order valence-electron chi connectivity index (χ3n) is 2.29. The number of carboxylic acid groups (broad SMARTS) is 1. The van der Waals surface area contributed by atoms with E-state index in [9.17, 15) is 4.79 Å². The van der Waals surface area contributed by atoms with E-state index in [0.717, 1.165) is 17.5 Å². The maximum absolute atomic E-state index is 10.5. The summed E-state index contributed by atoms with van der Waals surface area (Å²) in [5, 5.41) is 18.7. The number of aliphatic carboxylic acids is 1. The highest BCUT2D eigenvalue weighted by Gasteiger charge is 2.00. The van der Waals surface area contributed by atoms with Crippen molar-refractivity contribution in [2.75, 3.05) is 7.11 Å². The lowest BCUT2D eigenvalue weighted by molar-refractivity contribution is -0.136. The van der Waals surface area contributed by atoms with E-state index in [-0.39, 0.29) is 6.42 Å². The molecule has 1 aromatic carbocycles. The van der Waals surface area contributed by atoms with Crippen LogP contribution in [0.4, 0.5) is 0 Å². The Morgan fingerprint density at radius 3 is 2.61 bits per heavy atom. The minimum absolute atomic E-state index is 0.154. The molecule has 0 fully saturated rings. The molecular weight excluding hydrogens is 232 g/mol. The van der Waals surface area contributed by atoms with Gasteiger partial charge in [0, 0.05) is 19.0 Å². The molecule has 96 valence electrons. The van der Waals surface area contributed by atoms with E-state index in [1.165, 1.54) is 0 Å². The topological polar surface area (TPSA) is 82.4 Å². The van der Waals surface area contributed by atoms with Gasteiger partial charge in [0.1, 0.15) is 5.75 Å². The van der Waals surface area contributed by atoms with Gasteiger partial charge in [-0.25, -0.2) is 0 Å². The van der Waals surface area contributed by atoms with Gasteiger partial charge >= 0.3 is 5.97 Å². The summed E-state index contributed by atoms with van der Waals surface area (Å²) in [6.07, 6.45) is 2.43. The molecule has 0 unspecified atom stereocenters. The zero-order chi connectivity index (χ0) is 13.4. The standard InChI is InChI=1S/C13H16N2O3/c1-18-12-4-2-10(3-5-12)8-15-9-11(7-14)6-13(16)17/h2-5,7,9,14-15H,6,8H2,1H3,(H,16,17)/b11-9-,14-7?. The normalized spacial score (nSPS) is 10.8. The first-order valence-electron chi connectivity index (χ1n) is 5.43. The van der Waals surface area contributed by atoms with E-state index in [4.69, 9.17) is 15.3 Å². The Morgan fingerprint density at radius 1 is 1.44 bits per heavy atom. The monoisotopic (exact) mass is 248 g/mol. The molecule has 0 heterocycles. The number of hydrogen-bond donors (Lipinski definition) is 3. The van der Waals surface area contributed by atoms with Gasteiger partial charge in [0.2, 0.25) is 0 Å². The van der Waals surface area contributed by atoms with Crippen molar-refractivity contribution in [1.82, 2.24) is 5.32 Å². The molecule has 0 saturated carbocycles. The van der Waals surface area contributed by atoms with Crippen molar-refractivity contribution in [3.05, 3.63) is 41.6 Å². The van der Waals surface area contributed by atoms with E-state index in [2.05, 4.69) is 5.32 Å². The number of rotatable bonds is 7. The van der Waals surface area contributed by atoms with Crippen molar-refractivity contribution in [2.45, 2.75) is 13.0 Å². The maximum atomic E-state index is 10.5. The van der Waals surface area contributed by atoms with Crippen molar-refractivity contribution in [1.29, 1.82) is 5.41 Å². The molecule has 5 nitrogen and oxygen atoms in total. The first-order valence-corrected chi connectivity index (χ1v) is 5.43. The molecule has 0 amide bonds. The summed E-state index contributed by atoms with van der Waals surface area (Å²) < 4.78 is 5.05. The Hall–Kier alpha value is -2.30. The molecule has 0 aromatic heterocycles. The Balaban J connectivity index is 2.50. The minimum Gasteiger partial charge on any atom is -0.497 e. The van der Waals surface area contributed by atoms with E-state index < -0.39 is 5.97 Å². The molecule has 3 N–H and O–H groups in total. The Kier molecular flexibility index (Phi) is 5.44. The molecule has 5 heteroatoms. The SMILES string of the molecule is COc1ccc(CN/C=C(\C=N)CC(=O)O)cc1. The van der Waals surface area contributed by atoms with Crippen molar-refractivity contribution in [3.63, 3.8) is 0 Å². The van der Waals surface area contributed by atoms with Crippen LogP contribution in [0.2, 0.25) is 0 Å². The van der Waals surface area contributed by atoms with Gasteiger partial charge in [-0.2, -0.15) is 0 Å². The van der Waals surface area contributed by atoms with Gasteiger partial charge in [-0.3, -0.25) is 4.79 Å². The number of carbonyl (C=O) groups is 1. The minimum atomic E-state index is -0.948. The Morgan fingerprint density at radius 2 is 2.11 bits per heavy atom. The third-order valence-corrected chi connectivity index (χ3v) is 2.29. The van der Waals surface area contributed by atoms with Crippen LogP contribution in [0.1, 0.15) is 12.0 Å². The van der Waals surface area contributed by atoms with Crippen LogP contribution in [0.5, 0.6) is 5.75 Å². The molecule has 0 spiro atoms. The lowest BCUT2D eigenvalue weighted by Gasteiger charge is -2.04. The molecule has 0 bridgehead atoms. The number of methoxy groups -OCH3 is 1. The fraction of sp³-hybridized carbons (Fsp3) is 0.231. The van der Waals surface area contributed by atoms with E-state index in [1.54, 1.807) is 13.3 Å². The van der Waals surface area contributed by atoms with Crippen LogP contribution >= 0.6 is 0 Å². The highest BCUT2D eigenvalue weighted by atomic mass is 16.5. The lowest BCUT2D eigenvalue weighted by atomic mass is 10.2. The van der Waals surface area contributed by atoms with Crippen LogP contribution in [0.15, 0.2) is 36.0 Å². The maximum Gasteiger partial charge on any atom is 0.307 e. The molecule has 0 aliphatic carbocycles. The molecule has 0 aliphatic rings. The zero-order valence-electron chi connectivity index (χ0n) is 10.1. The summed E-state index contributed by atoms with van der Waals surface area (Å²) >= 11 is 0.